The zero-order chi connectivity index (χ0) is 26.2. The monoisotopic (exact) mass is 532 g/mol. The molecule has 0 heterocycles. The van der Waals surface area contributed by atoms with Gasteiger partial charge >= 0.3 is 0 Å². The molecule has 35 heavy (non-hydrogen) atoms. The van der Waals surface area contributed by atoms with Crippen molar-refractivity contribution in [2.24, 2.45) is 17.2 Å². The number of unbranched alkanes of at least 4 members (excludes halogenated alkanes) is 15. The predicted molar refractivity (Wildman–Crippen MR) is 152 cm³/mol. The van der Waals surface area contributed by atoms with E-state index in [1.54, 1.807) is 6.92 Å². The van der Waals surface area contributed by atoms with E-state index in [9.17, 15) is 14.4 Å². The van der Waals surface area contributed by atoms with Gasteiger partial charge in [0, 0.05) is 24.5 Å². The highest BCUT2D eigenvalue weighted by Gasteiger charge is 2.14. The van der Waals surface area contributed by atoms with Crippen molar-refractivity contribution in [3.8, 4) is 0 Å². The Morgan fingerprint density at radius 3 is 1.40 bits per heavy atom. The van der Waals surface area contributed by atoms with Gasteiger partial charge in [0.25, 0.3) is 0 Å². The maximum Gasteiger partial charge on any atom is 0.237 e. The normalized spacial score (nSPS) is 12.9. The Bertz CT molecular complexity index is 553. The quantitative estimate of drug-likeness (QED) is 0.0922. The summed E-state index contributed by atoms with van der Waals surface area (Å²) in [6, 6.07) is -1.22. The van der Waals surface area contributed by atoms with Crippen LogP contribution in [0.2, 0.25) is 0 Å². The van der Waals surface area contributed by atoms with E-state index < -0.39 is 18.0 Å². The van der Waals surface area contributed by atoms with Crippen LogP contribution < -0.4 is 22.5 Å². The third kappa shape index (κ3) is 24.7. The van der Waals surface area contributed by atoms with Gasteiger partial charge in [0.1, 0.15) is 5.78 Å². The minimum Gasteiger partial charge on any atom is -0.368 e. The van der Waals surface area contributed by atoms with E-state index in [0.29, 0.717) is 23.8 Å². The van der Waals surface area contributed by atoms with Crippen molar-refractivity contribution < 1.29 is 14.4 Å². The first-order valence-electron chi connectivity index (χ1n) is 13.7. The molecule has 0 rings (SSSR count). The van der Waals surface area contributed by atoms with Gasteiger partial charge in [-0.25, -0.2) is 0 Å². The maximum atomic E-state index is 12.0. The van der Waals surface area contributed by atoms with Crippen molar-refractivity contribution in [1.29, 1.82) is 0 Å². The summed E-state index contributed by atoms with van der Waals surface area (Å²) in [5, 5.41) is 2.91. The zero-order valence-electron chi connectivity index (χ0n) is 22.1. The molecule has 7 nitrogen and oxygen atoms in total. The molecule has 9 heteroatoms. The van der Waals surface area contributed by atoms with Crippen LogP contribution in [0.1, 0.15) is 116 Å². The summed E-state index contributed by atoms with van der Waals surface area (Å²) < 4.78 is 0. The van der Waals surface area contributed by atoms with Crippen LogP contribution in [0.25, 0.3) is 0 Å². The molecule has 0 fully saturated rings. The lowest BCUT2D eigenvalue weighted by molar-refractivity contribution is -0.122. The van der Waals surface area contributed by atoms with Crippen molar-refractivity contribution in [2.75, 3.05) is 18.1 Å². The van der Waals surface area contributed by atoms with Crippen LogP contribution >= 0.6 is 21.6 Å². The summed E-state index contributed by atoms with van der Waals surface area (Å²) >= 11 is 0. The SMILES string of the molecule is CC(=O)CCCCCCCCCCCCCCCCCCNC(=O)C(N)CSSCC(N)C(N)=O. The summed E-state index contributed by atoms with van der Waals surface area (Å²) in [4.78, 5) is 33.8. The zero-order valence-corrected chi connectivity index (χ0v) is 23.7. The van der Waals surface area contributed by atoms with Gasteiger partial charge in [-0.2, -0.15) is 0 Å². The first-order chi connectivity index (χ1) is 16.8. The largest absolute Gasteiger partial charge is 0.368 e. The number of ketones is 1. The second-order valence-corrected chi connectivity index (χ2v) is 12.1. The Labute approximate surface area is 222 Å². The fourth-order valence-corrected chi connectivity index (χ4v) is 5.98. The Balaban J connectivity index is 3.30. The van der Waals surface area contributed by atoms with E-state index in [1.165, 1.54) is 105 Å². The van der Waals surface area contributed by atoms with Crippen LogP contribution in [0.4, 0.5) is 0 Å². The Hall–Kier alpha value is -0.770. The molecule has 7 N–H and O–H groups in total. The molecule has 2 atom stereocenters. The number of primary amides is 1. The molecule has 0 spiro atoms. The Kier molecular flexibility index (Phi) is 24.4. The van der Waals surface area contributed by atoms with Gasteiger partial charge in [-0.05, 0) is 19.8 Å². The summed E-state index contributed by atoms with van der Waals surface area (Å²) in [5.41, 5.74) is 16.6. The third-order valence-electron chi connectivity index (χ3n) is 6.04. The van der Waals surface area contributed by atoms with Crippen LogP contribution in [-0.2, 0) is 14.4 Å². The predicted octanol–water partition coefficient (Wildman–Crippen LogP) is 4.84. The van der Waals surface area contributed by atoms with Crippen molar-refractivity contribution in [3.05, 3.63) is 0 Å². The molecular weight excluding hydrogens is 480 g/mol. The summed E-state index contributed by atoms with van der Waals surface area (Å²) in [5.74, 6) is 0.570. The smallest absolute Gasteiger partial charge is 0.237 e. The highest BCUT2D eigenvalue weighted by molar-refractivity contribution is 8.76. The van der Waals surface area contributed by atoms with Gasteiger partial charge in [-0.1, -0.05) is 111 Å². The number of amides is 2. The molecule has 0 saturated carbocycles. The van der Waals surface area contributed by atoms with Crippen molar-refractivity contribution in [1.82, 2.24) is 5.32 Å². The number of nitrogens with two attached hydrogens (primary N) is 3. The number of carbonyl (C=O) groups is 3. The standard InChI is InChI=1S/C26H52N4O3S2/c1-22(31)18-16-14-12-10-8-6-4-2-3-5-7-9-11-13-15-17-19-30-26(33)24(28)21-35-34-20-23(27)25(29)32/h23-24H,2-21,27-28H2,1H3,(H2,29,32)(H,30,33). The molecule has 206 valence electrons. The Morgan fingerprint density at radius 1 is 0.629 bits per heavy atom. The minimum absolute atomic E-state index is 0.123. The fourth-order valence-electron chi connectivity index (χ4n) is 3.72. The van der Waals surface area contributed by atoms with Gasteiger partial charge in [-0.3, -0.25) is 9.59 Å². The number of nitrogens with one attached hydrogen (secondary N) is 1. The molecule has 0 aromatic rings. The molecule has 0 aliphatic heterocycles. The minimum atomic E-state index is -0.668. The number of hydrogen-bond acceptors (Lipinski definition) is 7. The number of hydrogen-bond donors (Lipinski definition) is 4. The average Bonchev–Trinajstić information content (AvgIpc) is 2.82. The van der Waals surface area contributed by atoms with Gasteiger partial charge in [0.2, 0.25) is 11.8 Å². The molecule has 0 aromatic heterocycles. The van der Waals surface area contributed by atoms with E-state index in [1.807, 2.05) is 0 Å². The molecule has 0 aliphatic carbocycles. The summed E-state index contributed by atoms with van der Waals surface area (Å²) in [6.45, 7) is 2.36. The van der Waals surface area contributed by atoms with Gasteiger partial charge in [0.15, 0.2) is 0 Å². The molecule has 0 saturated heterocycles. The van der Waals surface area contributed by atoms with Crippen LogP contribution in [0.15, 0.2) is 0 Å². The van der Waals surface area contributed by atoms with E-state index >= 15 is 0 Å². The van der Waals surface area contributed by atoms with E-state index in [2.05, 4.69) is 5.32 Å². The highest BCUT2D eigenvalue weighted by atomic mass is 33.1. The van der Waals surface area contributed by atoms with Gasteiger partial charge in [-0.15, -0.1) is 0 Å². The first-order valence-corrected chi connectivity index (χ1v) is 16.2. The van der Waals surface area contributed by atoms with E-state index in [0.717, 1.165) is 25.7 Å². The van der Waals surface area contributed by atoms with Crippen LogP contribution in [0.3, 0.4) is 0 Å². The molecule has 0 bridgehead atoms. The topological polar surface area (TPSA) is 141 Å². The number of rotatable bonds is 26. The Morgan fingerprint density at radius 2 is 1.00 bits per heavy atom. The van der Waals surface area contributed by atoms with Crippen molar-refractivity contribution >= 4 is 39.2 Å². The molecule has 0 aromatic carbocycles. The molecule has 0 aliphatic rings. The van der Waals surface area contributed by atoms with E-state index in [-0.39, 0.29) is 5.91 Å². The van der Waals surface area contributed by atoms with Crippen LogP contribution in [0, 0.1) is 0 Å². The first kappa shape index (κ1) is 34.2. The fraction of sp³-hybridized carbons (Fsp3) is 0.885. The van der Waals surface area contributed by atoms with Crippen LogP contribution in [0.5, 0.6) is 0 Å². The number of Topliss-reactive ketones (excluding diaryl/α,β-unsaturated/α-hetero) is 1. The molecule has 0 radical (unpaired) electrons. The number of carbonyl (C=O) groups excluding carboxylic acids is 3. The molecule has 2 amide bonds. The molecular formula is C26H52N4O3S2. The highest BCUT2D eigenvalue weighted by Crippen LogP contribution is 2.22. The molecule has 2 unspecified atom stereocenters. The summed E-state index contributed by atoms with van der Waals surface area (Å²) in [7, 11) is 2.85. The van der Waals surface area contributed by atoms with Crippen molar-refractivity contribution in [3.63, 3.8) is 0 Å². The second kappa shape index (κ2) is 24.9. The average molecular weight is 533 g/mol. The van der Waals surface area contributed by atoms with Crippen molar-refractivity contribution in [2.45, 2.75) is 128 Å². The van der Waals surface area contributed by atoms with Gasteiger partial charge < -0.3 is 27.3 Å². The lowest BCUT2D eigenvalue weighted by atomic mass is 10.0. The lowest BCUT2D eigenvalue weighted by Gasteiger charge is -2.12. The lowest BCUT2D eigenvalue weighted by Crippen LogP contribution is -2.42. The van der Waals surface area contributed by atoms with Crippen LogP contribution in [-0.4, -0.2) is 47.7 Å². The maximum absolute atomic E-state index is 12.0. The third-order valence-corrected chi connectivity index (χ3v) is 8.51. The van der Waals surface area contributed by atoms with E-state index in [4.69, 9.17) is 17.2 Å². The second-order valence-electron chi connectivity index (χ2n) is 9.58. The van der Waals surface area contributed by atoms with Gasteiger partial charge in [0.05, 0.1) is 12.1 Å². The summed E-state index contributed by atoms with van der Waals surface area (Å²) in [6.07, 6.45) is 21.1.